The fourth-order valence-corrected chi connectivity index (χ4v) is 3.78. The third-order valence-electron chi connectivity index (χ3n) is 5.10. The summed E-state index contributed by atoms with van der Waals surface area (Å²) in [5.41, 5.74) is 2.03. The summed E-state index contributed by atoms with van der Waals surface area (Å²) in [4.78, 5) is 27.4. The summed E-state index contributed by atoms with van der Waals surface area (Å²) in [5, 5.41) is 0.620. The normalized spacial score (nSPS) is 13.7. The maximum atomic E-state index is 12.8. The summed E-state index contributed by atoms with van der Waals surface area (Å²) in [7, 11) is 5.61. The summed E-state index contributed by atoms with van der Waals surface area (Å²) in [6, 6.07) is 12.6. The van der Waals surface area contributed by atoms with Gasteiger partial charge < -0.3 is 23.8 Å². The van der Waals surface area contributed by atoms with E-state index in [-0.39, 0.29) is 11.1 Å². The molecular weight excluding hydrogens is 434 g/mol. The quantitative estimate of drug-likeness (QED) is 0.580. The second-order valence-electron chi connectivity index (χ2n) is 6.97. The molecule has 0 saturated carbocycles. The summed E-state index contributed by atoms with van der Waals surface area (Å²) in [6.07, 6.45) is 3.33. The Hall–Kier alpha value is -3.45. The molecule has 0 bridgehead atoms. The lowest BCUT2D eigenvalue weighted by atomic mass is 9.82. The first-order valence-electron chi connectivity index (χ1n) is 9.74. The van der Waals surface area contributed by atoms with Gasteiger partial charge in [-0.25, -0.2) is 9.59 Å². The predicted molar refractivity (Wildman–Crippen MR) is 119 cm³/mol. The summed E-state index contributed by atoms with van der Waals surface area (Å²) in [6.45, 7) is 0.403. The van der Waals surface area contributed by atoms with Gasteiger partial charge in [0, 0.05) is 29.5 Å². The topological polar surface area (TPSA) is 74.3 Å². The molecule has 0 aromatic heterocycles. The van der Waals surface area contributed by atoms with Gasteiger partial charge in [0.15, 0.2) is 11.5 Å². The molecule has 1 aliphatic heterocycles. The van der Waals surface area contributed by atoms with Crippen LogP contribution in [0.5, 0.6) is 11.5 Å². The number of esters is 2. The Morgan fingerprint density at radius 3 is 1.97 bits per heavy atom. The van der Waals surface area contributed by atoms with Crippen LogP contribution in [0.3, 0.4) is 0 Å². The van der Waals surface area contributed by atoms with Crippen molar-refractivity contribution in [2.45, 2.75) is 12.5 Å². The number of hydrogen-bond acceptors (Lipinski definition) is 7. The third kappa shape index (κ3) is 4.73. The van der Waals surface area contributed by atoms with Crippen molar-refractivity contribution in [3.63, 3.8) is 0 Å². The number of carbonyl (C=O) groups is 2. The fourth-order valence-electron chi connectivity index (χ4n) is 3.65. The number of benzene rings is 2. The Morgan fingerprint density at radius 1 is 0.875 bits per heavy atom. The molecular formula is C24H24ClNO6. The number of carbonyl (C=O) groups excluding carboxylic acids is 2. The maximum Gasteiger partial charge on any atom is 0.336 e. The average Bonchev–Trinajstić information content (AvgIpc) is 2.83. The molecule has 7 nitrogen and oxygen atoms in total. The van der Waals surface area contributed by atoms with Crippen molar-refractivity contribution in [2.24, 2.45) is 0 Å². The van der Waals surface area contributed by atoms with Crippen molar-refractivity contribution in [1.82, 2.24) is 4.90 Å². The Morgan fingerprint density at radius 2 is 1.47 bits per heavy atom. The van der Waals surface area contributed by atoms with Crippen molar-refractivity contribution in [1.29, 1.82) is 0 Å². The summed E-state index contributed by atoms with van der Waals surface area (Å²) < 4.78 is 21.1. The van der Waals surface area contributed by atoms with Crippen LogP contribution in [-0.2, 0) is 25.6 Å². The molecule has 0 N–H and O–H groups in total. The Balaban J connectivity index is 2.15. The first-order chi connectivity index (χ1) is 15.4. The van der Waals surface area contributed by atoms with Crippen molar-refractivity contribution in [3.8, 4) is 11.5 Å². The summed E-state index contributed by atoms with van der Waals surface area (Å²) in [5.74, 6) is -1.04. The lowest BCUT2D eigenvalue weighted by molar-refractivity contribution is -0.137. The highest BCUT2D eigenvalue weighted by Gasteiger charge is 2.37. The van der Waals surface area contributed by atoms with Gasteiger partial charge >= 0.3 is 11.9 Å². The molecule has 8 heteroatoms. The molecule has 3 rings (SSSR count). The van der Waals surface area contributed by atoms with Crippen molar-refractivity contribution in [2.75, 3.05) is 28.4 Å². The van der Waals surface area contributed by atoms with Crippen LogP contribution in [-0.4, -0.2) is 45.3 Å². The van der Waals surface area contributed by atoms with E-state index in [9.17, 15) is 9.59 Å². The number of hydrogen-bond donors (Lipinski definition) is 0. The van der Waals surface area contributed by atoms with Gasteiger partial charge in [0.2, 0.25) is 0 Å². The molecule has 0 unspecified atom stereocenters. The van der Waals surface area contributed by atoms with E-state index in [0.29, 0.717) is 28.6 Å². The largest absolute Gasteiger partial charge is 0.493 e. The van der Waals surface area contributed by atoms with E-state index in [1.807, 2.05) is 12.1 Å². The van der Waals surface area contributed by atoms with E-state index in [2.05, 4.69) is 0 Å². The molecule has 0 radical (unpaired) electrons. The lowest BCUT2D eigenvalue weighted by Crippen LogP contribution is -2.29. The highest BCUT2D eigenvalue weighted by molar-refractivity contribution is 6.30. The van der Waals surface area contributed by atoms with E-state index in [1.165, 1.54) is 28.4 Å². The average molecular weight is 458 g/mol. The number of methoxy groups -OCH3 is 4. The minimum atomic E-state index is -0.776. The molecule has 0 saturated heterocycles. The zero-order valence-corrected chi connectivity index (χ0v) is 19.0. The minimum Gasteiger partial charge on any atom is -0.493 e. The Labute approximate surface area is 191 Å². The lowest BCUT2D eigenvalue weighted by Gasteiger charge is -2.31. The first kappa shape index (κ1) is 23.2. The van der Waals surface area contributed by atoms with Gasteiger partial charge in [-0.15, -0.1) is 0 Å². The molecule has 0 spiro atoms. The van der Waals surface area contributed by atoms with Crippen LogP contribution in [0.2, 0.25) is 5.02 Å². The van der Waals surface area contributed by atoms with Gasteiger partial charge in [-0.3, -0.25) is 0 Å². The van der Waals surface area contributed by atoms with E-state index >= 15 is 0 Å². The number of ether oxygens (including phenoxy) is 4. The van der Waals surface area contributed by atoms with Gasteiger partial charge in [-0.1, -0.05) is 35.9 Å². The smallest absolute Gasteiger partial charge is 0.336 e. The zero-order chi connectivity index (χ0) is 23.3. The van der Waals surface area contributed by atoms with E-state index in [0.717, 1.165) is 5.56 Å². The van der Waals surface area contributed by atoms with E-state index in [1.54, 1.807) is 47.6 Å². The van der Waals surface area contributed by atoms with Gasteiger partial charge in [-0.05, 0) is 23.8 Å². The molecule has 1 heterocycles. The monoisotopic (exact) mass is 457 g/mol. The van der Waals surface area contributed by atoms with Gasteiger partial charge in [-0.2, -0.15) is 0 Å². The van der Waals surface area contributed by atoms with E-state index < -0.39 is 17.9 Å². The highest BCUT2D eigenvalue weighted by Crippen LogP contribution is 2.44. The van der Waals surface area contributed by atoms with Crippen LogP contribution in [0.1, 0.15) is 17.0 Å². The molecule has 1 aliphatic rings. The molecule has 0 amide bonds. The molecule has 0 fully saturated rings. The molecule has 168 valence electrons. The Bertz CT molecular complexity index is 1030. The van der Waals surface area contributed by atoms with Crippen LogP contribution < -0.4 is 9.47 Å². The number of halogens is 1. The number of nitrogens with zero attached hydrogens (tertiary/aromatic N) is 1. The SMILES string of the molecule is COC(=O)C1=CN(Cc2ccc(Cl)cc2)C=C(C(=O)OC)C1c1cccc(OC)c1OC. The van der Waals surface area contributed by atoms with Crippen LogP contribution in [0, 0.1) is 0 Å². The zero-order valence-electron chi connectivity index (χ0n) is 18.3. The standard InChI is InChI=1S/C24H24ClNO6/c1-29-20-7-5-6-17(22(20)30-2)21-18(23(27)31-3)13-26(14-19(21)24(28)32-4)12-15-8-10-16(25)11-9-15/h5-11,13-14,21H,12H2,1-4H3. The van der Waals surface area contributed by atoms with Crippen molar-refractivity contribution < 1.29 is 28.5 Å². The first-order valence-corrected chi connectivity index (χ1v) is 10.1. The third-order valence-corrected chi connectivity index (χ3v) is 5.35. The van der Waals surface area contributed by atoms with Crippen molar-refractivity contribution in [3.05, 3.63) is 82.2 Å². The number of para-hydroxylation sites is 1. The van der Waals surface area contributed by atoms with Gasteiger partial charge in [0.05, 0.1) is 45.5 Å². The molecule has 2 aromatic rings. The molecule has 32 heavy (non-hydrogen) atoms. The van der Waals surface area contributed by atoms with Gasteiger partial charge in [0.1, 0.15) is 0 Å². The maximum absolute atomic E-state index is 12.8. The second-order valence-corrected chi connectivity index (χ2v) is 7.40. The molecule has 2 aromatic carbocycles. The molecule has 0 aliphatic carbocycles. The van der Waals surface area contributed by atoms with Crippen LogP contribution in [0.25, 0.3) is 0 Å². The second kappa shape index (κ2) is 10.2. The predicted octanol–water partition coefficient (Wildman–Crippen LogP) is 4.07. The minimum absolute atomic E-state index is 0.260. The Kier molecular flexibility index (Phi) is 7.43. The van der Waals surface area contributed by atoms with Gasteiger partial charge in [0.25, 0.3) is 0 Å². The summed E-state index contributed by atoms with van der Waals surface area (Å²) >= 11 is 5.98. The number of rotatable bonds is 7. The highest BCUT2D eigenvalue weighted by atomic mass is 35.5. The fraction of sp³-hybridized carbons (Fsp3) is 0.250. The van der Waals surface area contributed by atoms with Crippen LogP contribution in [0.4, 0.5) is 0 Å². The van der Waals surface area contributed by atoms with Crippen LogP contribution >= 0.6 is 11.6 Å². The van der Waals surface area contributed by atoms with Crippen molar-refractivity contribution >= 4 is 23.5 Å². The molecule has 0 atom stereocenters. The van der Waals surface area contributed by atoms with Crippen LogP contribution in [0.15, 0.2) is 66.0 Å². The van der Waals surface area contributed by atoms with E-state index in [4.69, 9.17) is 30.5 Å².